The fraction of sp³-hybridized carbons (Fsp3) is 0.467. The zero-order valence-electron chi connectivity index (χ0n) is 12.4. The molecular weight excluding hydrogens is 288 g/mol. The number of nitrogens with one attached hydrogen (secondary N) is 1. The topological polar surface area (TPSA) is 75.4 Å². The van der Waals surface area contributed by atoms with Crippen molar-refractivity contribution in [2.45, 2.75) is 33.3 Å². The monoisotopic (exact) mass is 308 g/mol. The van der Waals surface area contributed by atoms with Crippen LogP contribution in [0.3, 0.4) is 0 Å². The Hall–Kier alpha value is -1.66. The van der Waals surface area contributed by atoms with E-state index >= 15 is 0 Å². The number of amides is 1. The first-order valence-corrected chi connectivity index (χ1v) is 7.71. The molecule has 0 fully saturated rings. The molecule has 0 saturated heterocycles. The predicted molar refractivity (Wildman–Crippen MR) is 82.2 cm³/mol. The molecule has 6 heteroatoms. The van der Waals surface area contributed by atoms with Gasteiger partial charge in [0.25, 0.3) is 5.91 Å². The molecule has 0 radical (unpaired) electrons. The van der Waals surface area contributed by atoms with Gasteiger partial charge in [-0.3, -0.25) is 4.79 Å². The molecule has 2 heterocycles. The van der Waals surface area contributed by atoms with E-state index in [1.54, 1.807) is 24.6 Å². The molecule has 1 amide bonds. The first kappa shape index (κ1) is 15.7. The maximum atomic E-state index is 12.1. The molecule has 0 aliphatic carbocycles. The highest BCUT2D eigenvalue weighted by molar-refractivity contribution is 7.13. The largest absolute Gasteiger partial charge is 0.462 e. The van der Waals surface area contributed by atoms with Gasteiger partial charge in [0.2, 0.25) is 0 Å². The second kappa shape index (κ2) is 6.41. The number of thiazole rings is 1. The van der Waals surface area contributed by atoms with Gasteiger partial charge in [-0.15, -0.1) is 11.3 Å². The van der Waals surface area contributed by atoms with E-state index in [0.717, 1.165) is 0 Å². The van der Waals surface area contributed by atoms with Crippen molar-refractivity contribution in [3.8, 4) is 10.8 Å². The summed E-state index contributed by atoms with van der Waals surface area (Å²) in [6, 6.07) is 3.60. The maximum absolute atomic E-state index is 12.1. The summed E-state index contributed by atoms with van der Waals surface area (Å²) in [5.74, 6) is 0.455. The van der Waals surface area contributed by atoms with Crippen LogP contribution in [-0.4, -0.2) is 28.6 Å². The van der Waals surface area contributed by atoms with Crippen molar-refractivity contribution < 1.29 is 14.3 Å². The SMILES string of the molecule is CC(O)CC(C)(C)CNC(=O)c1csc(-c2ccco2)n1. The molecule has 5 nitrogen and oxygen atoms in total. The third-order valence-electron chi connectivity index (χ3n) is 3.04. The van der Waals surface area contributed by atoms with E-state index in [1.165, 1.54) is 11.3 Å². The van der Waals surface area contributed by atoms with Crippen LogP contribution in [0.1, 0.15) is 37.7 Å². The third-order valence-corrected chi connectivity index (χ3v) is 3.90. The van der Waals surface area contributed by atoms with Gasteiger partial charge in [0.1, 0.15) is 5.69 Å². The van der Waals surface area contributed by atoms with E-state index in [4.69, 9.17) is 4.42 Å². The molecule has 2 rings (SSSR count). The lowest BCUT2D eigenvalue weighted by Crippen LogP contribution is -2.35. The zero-order valence-corrected chi connectivity index (χ0v) is 13.2. The molecule has 0 bridgehead atoms. The lowest BCUT2D eigenvalue weighted by atomic mass is 9.87. The van der Waals surface area contributed by atoms with Crippen LogP contribution in [0.5, 0.6) is 0 Å². The van der Waals surface area contributed by atoms with Crippen LogP contribution in [0.15, 0.2) is 28.2 Å². The number of carbonyl (C=O) groups excluding carboxylic acids is 1. The minimum atomic E-state index is -0.387. The number of carbonyl (C=O) groups is 1. The summed E-state index contributed by atoms with van der Waals surface area (Å²) >= 11 is 1.37. The lowest BCUT2D eigenvalue weighted by molar-refractivity contribution is 0.0898. The van der Waals surface area contributed by atoms with Crippen molar-refractivity contribution in [1.29, 1.82) is 0 Å². The highest BCUT2D eigenvalue weighted by Gasteiger charge is 2.22. The lowest BCUT2D eigenvalue weighted by Gasteiger charge is -2.26. The van der Waals surface area contributed by atoms with Crippen LogP contribution in [0.25, 0.3) is 10.8 Å². The quantitative estimate of drug-likeness (QED) is 0.860. The molecule has 0 aliphatic heterocycles. The summed E-state index contributed by atoms with van der Waals surface area (Å²) in [5.41, 5.74) is 0.225. The fourth-order valence-corrected chi connectivity index (χ4v) is 2.94. The molecule has 2 aromatic heterocycles. The van der Waals surface area contributed by atoms with Gasteiger partial charge in [0, 0.05) is 11.9 Å². The van der Waals surface area contributed by atoms with Gasteiger partial charge >= 0.3 is 0 Å². The van der Waals surface area contributed by atoms with Gasteiger partial charge in [-0.2, -0.15) is 0 Å². The van der Waals surface area contributed by atoms with Gasteiger partial charge in [0.05, 0.1) is 12.4 Å². The zero-order chi connectivity index (χ0) is 15.5. The van der Waals surface area contributed by atoms with Gasteiger partial charge in [-0.25, -0.2) is 4.98 Å². The van der Waals surface area contributed by atoms with Crippen molar-refractivity contribution in [2.75, 3.05) is 6.54 Å². The van der Waals surface area contributed by atoms with E-state index in [1.807, 2.05) is 19.9 Å². The van der Waals surface area contributed by atoms with Crippen LogP contribution in [0.4, 0.5) is 0 Å². The van der Waals surface area contributed by atoms with Crippen molar-refractivity contribution in [3.05, 3.63) is 29.5 Å². The molecule has 114 valence electrons. The number of hydrogen-bond donors (Lipinski definition) is 2. The molecule has 0 spiro atoms. The van der Waals surface area contributed by atoms with Crippen molar-refractivity contribution in [2.24, 2.45) is 5.41 Å². The highest BCUT2D eigenvalue weighted by Crippen LogP contribution is 2.24. The average Bonchev–Trinajstić information content (AvgIpc) is 3.04. The first-order chi connectivity index (χ1) is 9.87. The Labute approximate surface area is 128 Å². The molecule has 1 atom stereocenters. The number of aromatic nitrogens is 1. The second-order valence-corrected chi connectivity index (χ2v) is 6.77. The Morgan fingerprint density at radius 2 is 2.33 bits per heavy atom. The molecule has 2 N–H and O–H groups in total. The molecule has 2 aromatic rings. The third kappa shape index (κ3) is 4.41. The number of hydrogen-bond acceptors (Lipinski definition) is 5. The van der Waals surface area contributed by atoms with Gasteiger partial charge in [-0.1, -0.05) is 13.8 Å². The fourth-order valence-electron chi connectivity index (χ4n) is 2.17. The van der Waals surface area contributed by atoms with Crippen LogP contribution in [-0.2, 0) is 0 Å². The molecular formula is C15H20N2O3S. The second-order valence-electron chi connectivity index (χ2n) is 5.92. The van der Waals surface area contributed by atoms with Crippen LogP contribution < -0.4 is 5.32 Å². The standard InChI is InChI=1S/C15H20N2O3S/c1-10(18)7-15(2,3)9-16-13(19)11-8-21-14(17-11)12-5-4-6-20-12/h4-6,8,10,18H,7,9H2,1-3H3,(H,16,19). The Bertz CT molecular complexity index is 588. The predicted octanol–water partition coefficient (Wildman–Crippen LogP) is 2.93. The molecule has 1 unspecified atom stereocenters. The van der Waals surface area contributed by atoms with E-state index in [9.17, 15) is 9.90 Å². The normalized spacial score (nSPS) is 13.1. The summed E-state index contributed by atoms with van der Waals surface area (Å²) in [6.07, 6.45) is 1.82. The van der Waals surface area contributed by atoms with E-state index in [2.05, 4.69) is 10.3 Å². The van der Waals surface area contributed by atoms with Crippen LogP contribution in [0.2, 0.25) is 0 Å². The molecule has 21 heavy (non-hydrogen) atoms. The van der Waals surface area contributed by atoms with E-state index in [0.29, 0.717) is 29.4 Å². The van der Waals surface area contributed by atoms with Crippen LogP contribution >= 0.6 is 11.3 Å². The Morgan fingerprint density at radius 3 is 2.95 bits per heavy atom. The van der Waals surface area contributed by atoms with Gasteiger partial charge in [0.15, 0.2) is 10.8 Å². The van der Waals surface area contributed by atoms with Crippen LogP contribution in [0, 0.1) is 5.41 Å². The number of rotatable bonds is 6. The molecule has 0 aliphatic rings. The number of aliphatic hydroxyl groups excluding tert-OH is 1. The minimum absolute atomic E-state index is 0.163. The van der Waals surface area contributed by atoms with E-state index in [-0.39, 0.29) is 17.4 Å². The summed E-state index contributed by atoms with van der Waals surface area (Å²) in [7, 11) is 0. The summed E-state index contributed by atoms with van der Waals surface area (Å²) in [4.78, 5) is 16.4. The van der Waals surface area contributed by atoms with Gasteiger partial charge in [-0.05, 0) is 30.9 Å². The first-order valence-electron chi connectivity index (χ1n) is 6.83. The molecule has 0 saturated carbocycles. The minimum Gasteiger partial charge on any atom is -0.462 e. The summed E-state index contributed by atoms with van der Waals surface area (Å²) < 4.78 is 5.26. The van der Waals surface area contributed by atoms with Gasteiger partial charge < -0.3 is 14.8 Å². The smallest absolute Gasteiger partial charge is 0.270 e. The average molecular weight is 308 g/mol. The van der Waals surface area contributed by atoms with Crippen molar-refractivity contribution >= 4 is 17.2 Å². The van der Waals surface area contributed by atoms with Crippen molar-refractivity contribution in [1.82, 2.24) is 10.3 Å². The Kier molecular flexibility index (Phi) is 4.80. The molecule has 0 aromatic carbocycles. The maximum Gasteiger partial charge on any atom is 0.270 e. The van der Waals surface area contributed by atoms with E-state index < -0.39 is 0 Å². The number of furan rings is 1. The number of nitrogens with zero attached hydrogens (tertiary/aromatic N) is 1. The Balaban J connectivity index is 1.95. The summed E-state index contributed by atoms with van der Waals surface area (Å²) in [5, 5.41) is 14.7. The highest BCUT2D eigenvalue weighted by atomic mass is 32.1. The Morgan fingerprint density at radius 1 is 1.57 bits per heavy atom. The number of aliphatic hydroxyl groups is 1. The van der Waals surface area contributed by atoms with Crippen molar-refractivity contribution in [3.63, 3.8) is 0 Å². The summed E-state index contributed by atoms with van der Waals surface area (Å²) in [6.45, 7) is 6.26.